The Morgan fingerprint density at radius 1 is 1.62 bits per heavy atom. The van der Waals surface area contributed by atoms with E-state index in [2.05, 4.69) is 45.6 Å². The molecule has 0 aliphatic carbocycles. The van der Waals surface area contributed by atoms with Gasteiger partial charge in [-0.3, -0.25) is 0 Å². The van der Waals surface area contributed by atoms with Gasteiger partial charge < -0.3 is 4.90 Å². The van der Waals surface area contributed by atoms with Gasteiger partial charge in [-0.25, -0.2) is 0 Å². The molecule has 0 unspecified atom stereocenters. The Labute approximate surface area is 96.6 Å². The fourth-order valence-electron chi connectivity index (χ4n) is 1.03. The predicted octanol–water partition coefficient (Wildman–Crippen LogP) is 3.31. The minimum Gasteiger partial charge on any atom is -0.300 e. The number of hydrogen-bond donors (Lipinski definition) is 0. The van der Waals surface area contributed by atoms with E-state index < -0.39 is 0 Å². The molecule has 0 aromatic carbocycles. The fourth-order valence-corrected chi connectivity index (χ4v) is 3.05. The van der Waals surface area contributed by atoms with Crippen LogP contribution in [0.4, 0.5) is 0 Å². The van der Waals surface area contributed by atoms with Crippen molar-refractivity contribution < 1.29 is 0 Å². The predicted molar refractivity (Wildman–Crippen MR) is 66.7 cm³/mol. The molecule has 74 valence electrons. The third-order valence-corrected chi connectivity index (χ3v) is 4.00. The lowest BCUT2D eigenvalue weighted by Gasteiger charge is -2.14. The van der Waals surface area contributed by atoms with Crippen LogP contribution in [0, 0.1) is 0 Å². The molecule has 1 rings (SSSR count). The normalized spacial score (nSPS) is 11.1. The number of nitrogens with zero attached hydrogens (tertiary/aromatic N) is 1. The highest BCUT2D eigenvalue weighted by atomic mass is 79.9. The molecule has 0 radical (unpaired) electrons. The second kappa shape index (κ2) is 6.06. The number of thiophene rings is 1. The van der Waals surface area contributed by atoms with E-state index in [-0.39, 0.29) is 0 Å². The largest absolute Gasteiger partial charge is 0.300 e. The molecular weight excluding hydrogens is 266 g/mol. The first-order valence-corrected chi connectivity index (χ1v) is 7.19. The number of hydrogen-bond acceptors (Lipinski definition) is 3. The first kappa shape index (κ1) is 11.6. The lowest BCUT2D eigenvalue weighted by atomic mass is 10.4. The van der Waals surface area contributed by atoms with Gasteiger partial charge in [0, 0.05) is 33.6 Å². The maximum Gasteiger partial charge on any atom is 0.0325 e. The molecule has 1 nitrogen and oxygen atoms in total. The monoisotopic (exact) mass is 279 g/mol. The van der Waals surface area contributed by atoms with Gasteiger partial charge in [-0.05, 0) is 35.3 Å². The van der Waals surface area contributed by atoms with E-state index in [0.29, 0.717) is 0 Å². The van der Waals surface area contributed by atoms with Gasteiger partial charge in [-0.15, -0.1) is 11.3 Å². The molecule has 0 saturated heterocycles. The SMILES string of the molecule is CSCCN(C)Cc1cc(Br)cs1. The summed E-state index contributed by atoms with van der Waals surface area (Å²) in [5, 5.41) is 2.14. The van der Waals surface area contributed by atoms with Gasteiger partial charge >= 0.3 is 0 Å². The van der Waals surface area contributed by atoms with Crippen LogP contribution in [-0.4, -0.2) is 30.5 Å². The van der Waals surface area contributed by atoms with E-state index in [1.54, 1.807) is 0 Å². The fraction of sp³-hybridized carbons (Fsp3) is 0.556. The van der Waals surface area contributed by atoms with Crippen LogP contribution in [-0.2, 0) is 6.54 Å². The Kier molecular flexibility index (Phi) is 5.39. The zero-order valence-electron chi connectivity index (χ0n) is 7.92. The van der Waals surface area contributed by atoms with Gasteiger partial charge in [0.25, 0.3) is 0 Å². The van der Waals surface area contributed by atoms with E-state index in [4.69, 9.17) is 0 Å². The number of halogens is 1. The van der Waals surface area contributed by atoms with Crippen molar-refractivity contribution in [2.45, 2.75) is 6.54 Å². The van der Waals surface area contributed by atoms with Gasteiger partial charge in [0.15, 0.2) is 0 Å². The zero-order chi connectivity index (χ0) is 9.68. The molecule has 1 aromatic heterocycles. The molecular formula is C9H14BrNS2. The van der Waals surface area contributed by atoms with Gasteiger partial charge in [0.1, 0.15) is 0 Å². The van der Waals surface area contributed by atoms with Crippen molar-refractivity contribution in [2.75, 3.05) is 25.6 Å². The van der Waals surface area contributed by atoms with Gasteiger partial charge in [-0.1, -0.05) is 0 Å². The van der Waals surface area contributed by atoms with Crippen LogP contribution in [0.15, 0.2) is 15.9 Å². The Morgan fingerprint density at radius 2 is 2.38 bits per heavy atom. The van der Waals surface area contributed by atoms with Crippen LogP contribution in [0.5, 0.6) is 0 Å². The lowest BCUT2D eigenvalue weighted by molar-refractivity contribution is 0.352. The zero-order valence-corrected chi connectivity index (χ0v) is 11.1. The molecule has 0 aliphatic rings. The van der Waals surface area contributed by atoms with E-state index in [1.807, 2.05) is 23.1 Å². The van der Waals surface area contributed by atoms with Gasteiger partial charge in [0.05, 0.1) is 0 Å². The summed E-state index contributed by atoms with van der Waals surface area (Å²) in [5.41, 5.74) is 0. The summed E-state index contributed by atoms with van der Waals surface area (Å²) in [5.74, 6) is 1.21. The summed E-state index contributed by atoms with van der Waals surface area (Å²) in [6.45, 7) is 2.23. The quantitative estimate of drug-likeness (QED) is 0.814. The molecule has 4 heteroatoms. The molecule has 0 bridgehead atoms. The van der Waals surface area contributed by atoms with Crippen LogP contribution >= 0.6 is 39.0 Å². The minimum absolute atomic E-state index is 1.07. The Balaban J connectivity index is 2.31. The van der Waals surface area contributed by atoms with E-state index in [9.17, 15) is 0 Å². The molecule has 0 saturated carbocycles. The van der Waals surface area contributed by atoms with Gasteiger partial charge in [-0.2, -0.15) is 11.8 Å². The average molecular weight is 280 g/mol. The summed E-state index contributed by atoms with van der Waals surface area (Å²) in [6.07, 6.45) is 2.15. The van der Waals surface area contributed by atoms with Crippen molar-refractivity contribution >= 4 is 39.0 Å². The van der Waals surface area contributed by atoms with Crippen molar-refractivity contribution in [3.63, 3.8) is 0 Å². The van der Waals surface area contributed by atoms with Crippen LogP contribution in [0.2, 0.25) is 0 Å². The van der Waals surface area contributed by atoms with Gasteiger partial charge in [0.2, 0.25) is 0 Å². The molecule has 0 amide bonds. The van der Waals surface area contributed by atoms with Crippen molar-refractivity contribution in [2.24, 2.45) is 0 Å². The van der Waals surface area contributed by atoms with E-state index >= 15 is 0 Å². The first-order valence-electron chi connectivity index (χ1n) is 4.12. The topological polar surface area (TPSA) is 3.24 Å². The van der Waals surface area contributed by atoms with Crippen molar-refractivity contribution in [1.82, 2.24) is 4.90 Å². The summed E-state index contributed by atoms with van der Waals surface area (Å²) in [4.78, 5) is 3.78. The summed E-state index contributed by atoms with van der Waals surface area (Å²) < 4.78 is 1.20. The Hall–Kier alpha value is 0.490. The van der Waals surface area contributed by atoms with Crippen molar-refractivity contribution in [1.29, 1.82) is 0 Å². The highest BCUT2D eigenvalue weighted by Gasteiger charge is 2.01. The van der Waals surface area contributed by atoms with E-state index in [1.165, 1.54) is 15.1 Å². The lowest BCUT2D eigenvalue weighted by Crippen LogP contribution is -2.19. The average Bonchev–Trinajstić information content (AvgIpc) is 2.48. The van der Waals surface area contributed by atoms with Crippen LogP contribution in [0.1, 0.15) is 4.88 Å². The summed E-state index contributed by atoms with van der Waals surface area (Å²) >= 11 is 7.18. The Bertz CT molecular complexity index is 250. The molecule has 0 atom stereocenters. The molecule has 1 aromatic rings. The molecule has 13 heavy (non-hydrogen) atoms. The molecule has 0 aliphatic heterocycles. The molecule has 0 spiro atoms. The highest BCUT2D eigenvalue weighted by molar-refractivity contribution is 9.10. The first-order chi connectivity index (χ1) is 6.22. The van der Waals surface area contributed by atoms with Crippen molar-refractivity contribution in [3.8, 4) is 0 Å². The van der Waals surface area contributed by atoms with Crippen LogP contribution in [0.3, 0.4) is 0 Å². The highest BCUT2D eigenvalue weighted by Crippen LogP contribution is 2.20. The summed E-state index contributed by atoms with van der Waals surface area (Å²) in [7, 11) is 2.17. The molecule has 0 N–H and O–H groups in total. The number of thioether (sulfide) groups is 1. The second-order valence-electron chi connectivity index (χ2n) is 2.96. The van der Waals surface area contributed by atoms with Crippen LogP contribution < -0.4 is 0 Å². The second-order valence-corrected chi connectivity index (χ2v) is 5.86. The smallest absolute Gasteiger partial charge is 0.0325 e. The van der Waals surface area contributed by atoms with E-state index in [0.717, 1.165) is 13.1 Å². The minimum atomic E-state index is 1.07. The number of rotatable bonds is 5. The maximum atomic E-state index is 3.46. The third-order valence-electron chi connectivity index (χ3n) is 1.72. The summed E-state index contributed by atoms with van der Waals surface area (Å²) in [6, 6.07) is 2.19. The van der Waals surface area contributed by atoms with Crippen LogP contribution in [0.25, 0.3) is 0 Å². The molecule has 1 heterocycles. The third kappa shape index (κ3) is 4.49. The van der Waals surface area contributed by atoms with Crippen molar-refractivity contribution in [3.05, 3.63) is 20.8 Å². The maximum absolute atomic E-state index is 3.46. The molecule has 0 fully saturated rings. The standard InChI is InChI=1S/C9H14BrNS2/c1-11(3-4-12-2)6-9-5-8(10)7-13-9/h5,7H,3-4,6H2,1-2H3. The Morgan fingerprint density at radius 3 is 2.92 bits per heavy atom.